The molecule has 256 valence electrons. The summed E-state index contributed by atoms with van der Waals surface area (Å²) in [5.74, 6) is 2.02. The van der Waals surface area contributed by atoms with Crippen LogP contribution in [0.15, 0.2) is 88.1 Å². The van der Waals surface area contributed by atoms with Gasteiger partial charge in [-0.15, -0.1) is 10.2 Å². The zero-order chi connectivity index (χ0) is 35.5. The van der Waals surface area contributed by atoms with Crippen LogP contribution < -0.4 is 13.8 Å². The van der Waals surface area contributed by atoms with Crippen LogP contribution in [0.2, 0.25) is 0 Å². The van der Waals surface area contributed by atoms with Gasteiger partial charge in [-0.2, -0.15) is 5.10 Å². The zero-order valence-electron chi connectivity index (χ0n) is 28.3. The summed E-state index contributed by atoms with van der Waals surface area (Å²) in [5, 5.41) is 14.6. The van der Waals surface area contributed by atoms with Gasteiger partial charge in [-0.1, -0.05) is 9.56 Å². The van der Waals surface area contributed by atoms with Crippen molar-refractivity contribution in [2.45, 2.75) is 5.40 Å². The number of hydrogen-bond donors (Lipinski definition) is 0. The lowest BCUT2D eigenvalue weighted by Crippen LogP contribution is -2.25. The molecule has 0 bridgehead atoms. The van der Waals surface area contributed by atoms with Crippen molar-refractivity contribution in [2.75, 3.05) is 61.5 Å². The standard InChI is InChI=1S/C31H42N6O5P4S2/c1-35(24-31(45(5,6)38)46(7,8)39)32-21-25-11-17-29(18-12-25)41-44(48)37(3)34-23-27-13-19-30(20-14-27)42-43(47)36(2)33-22-26-9-15-28(40-4)16-10-26/h9-23,31H,24H2,1-8H3/q+2/b32-21+,33-22+,34-23+. The van der Waals surface area contributed by atoms with E-state index < -0.39 is 33.8 Å². The lowest BCUT2D eigenvalue weighted by atomic mass is 10.2. The third-order valence-electron chi connectivity index (χ3n) is 6.73. The van der Waals surface area contributed by atoms with E-state index in [-0.39, 0.29) is 0 Å². The molecule has 17 heteroatoms. The Labute approximate surface area is 295 Å². The first-order chi connectivity index (χ1) is 22.5. The fraction of sp³-hybridized carbons (Fsp3) is 0.323. The van der Waals surface area contributed by atoms with Gasteiger partial charge in [-0.3, -0.25) is 14.1 Å². The molecule has 0 aliphatic carbocycles. The van der Waals surface area contributed by atoms with Crippen LogP contribution in [0.5, 0.6) is 17.2 Å². The summed E-state index contributed by atoms with van der Waals surface area (Å²) in [7, 11) is -1.01. The Hall–Kier alpha value is -3.03. The molecule has 0 N–H and O–H groups in total. The summed E-state index contributed by atoms with van der Waals surface area (Å²) in [5.41, 5.74) is 2.63. The van der Waals surface area contributed by atoms with Crippen LogP contribution in [0.3, 0.4) is 0 Å². The molecule has 2 unspecified atom stereocenters. The van der Waals surface area contributed by atoms with Gasteiger partial charge in [0.2, 0.25) is 23.6 Å². The molecule has 0 saturated heterocycles. The van der Waals surface area contributed by atoms with Gasteiger partial charge >= 0.3 is 14.1 Å². The Bertz CT molecular complexity index is 1710. The summed E-state index contributed by atoms with van der Waals surface area (Å²) < 4.78 is 45.6. The maximum Gasteiger partial charge on any atom is 0.540 e. The molecule has 3 aromatic rings. The molecule has 2 atom stereocenters. The van der Waals surface area contributed by atoms with Crippen LogP contribution in [-0.2, 0) is 32.7 Å². The van der Waals surface area contributed by atoms with Crippen molar-refractivity contribution >= 4 is 70.7 Å². The normalized spacial score (nSPS) is 12.9. The highest BCUT2D eigenvalue weighted by Crippen LogP contribution is 2.61. The molecule has 0 aliphatic rings. The Morgan fingerprint density at radius 1 is 0.646 bits per heavy atom. The first-order valence-electron chi connectivity index (χ1n) is 14.6. The third kappa shape index (κ3) is 13.1. The van der Waals surface area contributed by atoms with E-state index in [1.165, 1.54) is 0 Å². The SMILES string of the molecule is COc1ccc(/C=N/N(C)[P+](=S)Oc2ccc(/C=N/N(C)[P+](=S)Oc3ccc(/C=N/N(C)CC(P(C)(C)=O)P(C)(C)=O)cc3)cc2)cc1. The Balaban J connectivity index is 1.48. The van der Waals surface area contributed by atoms with E-state index in [0.29, 0.717) is 18.0 Å². The van der Waals surface area contributed by atoms with Gasteiger partial charge in [0.05, 0.1) is 66.1 Å². The predicted molar refractivity (Wildman–Crippen MR) is 209 cm³/mol. The number of hydrazone groups is 3. The van der Waals surface area contributed by atoms with E-state index in [1.54, 1.807) is 88.1 Å². The summed E-state index contributed by atoms with van der Waals surface area (Å²) in [6, 6.07) is 22.3. The minimum atomic E-state index is -2.55. The number of methoxy groups -OCH3 is 1. The number of hydrogen-bond acceptors (Lipinski definition) is 11. The summed E-state index contributed by atoms with van der Waals surface area (Å²) in [6.07, 6.45) is 5.12. The lowest BCUT2D eigenvalue weighted by Gasteiger charge is -2.28. The topological polar surface area (TPSA) is 109 Å². The highest BCUT2D eigenvalue weighted by molar-refractivity contribution is 8.02. The molecule has 0 heterocycles. The van der Waals surface area contributed by atoms with Crippen molar-refractivity contribution < 1.29 is 22.9 Å². The second kappa shape index (κ2) is 18.1. The quantitative estimate of drug-likeness (QED) is 0.0769. The Morgan fingerprint density at radius 3 is 1.31 bits per heavy atom. The van der Waals surface area contributed by atoms with E-state index in [2.05, 4.69) is 15.3 Å². The van der Waals surface area contributed by atoms with Crippen LogP contribution in [0.4, 0.5) is 0 Å². The van der Waals surface area contributed by atoms with E-state index in [0.717, 1.165) is 22.4 Å². The van der Waals surface area contributed by atoms with Crippen LogP contribution in [-0.4, -0.2) is 100 Å². The second-order valence-electron chi connectivity index (χ2n) is 11.5. The monoisotopic (exact) mass is 766 g/mol. The molecule has 3 rings (SSSR count). The van der Waals surface area contributed by atoms with Crippen LogP contribution >= 0.6 is 28.4 Å². The van der Waals surface area contributed by atoms with Crippen LogP contribution in [0.1, 0.15) is 16.7 Å². The largest absolute Gasteiger partial charge is 0.540 e. The van der Waals surface area contributed by atoms with Crippen LogP contribution in [0.25, 0.3) is 0 Å². The third-order valence-corrected chi connectivity index (χ3v) is 17.0. The number of benzene rings is 3. The second-order valence-corrected chi connectivity index (χ2v) is 23.2. The molecule has 3 aromatic carbocycles. The number of rotatable bonds is 17. The van der Waals surface area contributed by atoms with Gasteiger partial charge in [-0.05, 0) is 116 Å². The van der Waals surface area contributed by atoms with Gasteiger partial charge in [-0.25, -0.2) is 0 Å². The van der Waals surface area contributed by atoms with Crippen molar-refractivity contribution in [3.63, 3.8) is 0 Å². The molecule has 0 spiro atoms. The Morgan fingerprint density at radius 2 is 0.979 bits per heavy atom. The highest BCUT2D eigenvalue weighted by atomic mass is 32.4. The van der Waals surface area contributed by atoms with E-state index >= 15 is 0 Å². The zero-order valence-corrected chi connectivity index (χ0v) is 33.5. The summed E-state index contributed by atoms with van der Waals surface area (Å²) in [6.45, 7) is 7.07. The van der Waals surface area contributed by atoms with Crippen molar-refractivity contribution in [3.05, 3.63) is 89.5 Å². The van der Waals surface area contributed by atoms with Crippen molar-refractivity contribution in [1.82, 2.24) is 14.6 Å². The first kappa shape index (κ1) is 39.4. The van der Waals surface area contributed by atoms with Gasteiger partial charge in [0.1, 0.15) is 5.75 Å². The molecule has 0 amide bonds. The molecule has 48 heavy (non-hydrogen) atoms. The molecule has 0 aliphatic heterocycles. The highest BCUT2D eigenvalue weighted by Gasteiger charge is 2.34. The molecule has 0 fully saturated rings. The summed E-state index contributed by atoms with van der Waals surface area (Å²) >= 11 is 11.1. The average Bonchev–Trinajstić information content (AvgIpc) is 3.04. The minimum absolute atomic E-state index is 0.354. The van der Waals surface area contributed by atoms with Crippen molar-refractivity contribution in [2.24, 2.45) is 15.3 Å². The minimum Gasteiger partial charge on any atom is -0.497 e. The van der Waals surface area contributed by atoms with E-state index in [1.807, 2.05) is 72.8 Å². The van der Waals surface area contributed by atoms with Gasteiger partial charge in [0.25, 0.3) is 0 Å². The number of ether oxygens (including phenoxy) is 1. The molecule has 0 radical (unpaired) electrons. The summed E-state index contributed by atoms with van der Waals surface area (Å²) in [4.78, 5) is 0. The molecule has 0 aromatic heterocycles. The number of nitrogens with zero attached hydrogens (tertiary/aromatic N) is 6. The van der Waals surface area contributed by atoms with Crippen molar-refractivity contribution in [1.29, 1.82) is 0 Å². The van der Waals surface area contributed by atoms with Gasteiger partial charge in [0.15, 0.2) is 11.5 Å². The van der Waals surface area contributed by atoms with E-state index in [9.17, 15) is 9.13 Å². The smallest absolute Gasteiger partial charge is 0.497 e. The van der Waals surface area contributed by atoms with Gasteiger partial charge < -0.3 is 13.9 Å². The fourth-order valence-electron chi connectivity index (χ4n) is 4.11. The maximum atomic E-state index is 12.7. The molecular formula is C31H42N6O5P4S2+2. The average molecular weight is 767 g/mol. The molecule has 0 saturated carbocycles. The van der Waals surface area contributed by atoms with Crippen LogP contribution in [0, 0.1) is 0 Å². The fourth-order valence-corrected chi connectivity index (χ4v) is 12.6. The molecule has 11 nitrogen and oxygen atoms in total. The van der Waals surface area contributed by atoms with E-state index in [4.69, 9.17) is 37.4 Å². The lowest BCUT2D eigenvalue weighted by molar-refractivity contribution is 0.367. The first-order valence-corrected chi connectivity index (χ1v) is 24.4. The van der Waals surface area contributed by atoms with Crippen molar-refractivity contribution in [3.8, 4) is 17.2 Å². The predicted octanol–water partition coefficient (Wildman–Crippen LogP) is 7.77. The maximum absolute atomic E-state index is 12.7. The molecular weight excluding hydrogens is 724 g/mol. The van der Waals surface area contributed by atoms with Gasteiger partial charge in [0, 0.05) is 7.05 Å². The Kier molecular flexibility index (Phi) is 14.9.